The van der Waals surface area contributed by atoms with E-state index < -0.39 is 7.82 Å². The SMILES string of the molecule is CCCCCCCCCCCCCCCCCCCCC=COP(=O)(O)OCC[N+](C)(C)C. The van der Waals surface area contributed by atoms with Crippen molar-refractivity contribution in [3.63, 3.8) is 0 Å². The summed E-state index contributed by atoms with van der Waals surface area (Å²) in [6, 6.07) is 0. The van der Waals surface area contributed by atoms with E-state index in [4.69, 9.17) is 9.05 Å². The van der Waals surface area contributed by atoms with Crippen molar-refractivity contribution in [2.45, 2.75) is 129 Å². The van der Waals surface area contributed by atoms with Gasteiger partial charge in [-0.3, -0.25) is 9.42 Å². The lowest BCUT2D eigenvalue weighted by Crippen LogP contribution is -2.37. The number of rotatable bonds is 25. The number of hydrogen-bond donors (Lipinski definition) is 1. The zero-order valence-electron chi connectivity index (χ0n) is 22.6. The molecule has 198 valence electrons. The first-order valence-electron chi connectivity index (χ1n) is 13.9. The average molecular weight is 491 g/mol. The van der Waals surface area contributed by atoms with Crippen LogP contribution in [0.4, 0.5) is 0 Å². The van der Waals surface area contributed by atoms with Crippen LogP contribution in [0.5, 0.6) is 0 Å². The van der Waals surface area contributed by atoms with E-state index in [-0.39, 0.29) is 6.61 Å². The molecule has 0 bridgehead atoms. The third kappa shape index (κ3) is 27.8. The van der Waals surface area contributed by atoms with Gasteiger partial charge in [0.25, 0.3) is 0 Å². The highest BCUT2D eigenvalue weighted by atomic mass is 31.2. The zero-order chi connectivity index (χ0) is 24.7. The van der Waals surface area contributed by atoms with E-state index >= 15 is 0 Å². The van der Waals surface area contributed by atoms with Gasteiger partial charge in [0, 0.05) is 0 Å². The summed E-state index contributed by atoms with van der Waals surface area (Å²) in [5, 5.41) is 0. The van der Waals surface area contributed by atoms with Crippen molar-refractivity contribution >= 4 is 7.82 Å². The minimum atomic E-state index is -3.97. The zero-order valence-corrected chi connectivity index (χ0v) is 23.5. The maximum atomic E-state index is 11.8. The Morgan fingerprint density at radius 3 is 1.48 bits per heavy atom. The highest BCUT2D eigenvalue weighted by Crippen LogP contribution is 2.43. The molecule has 0 fully saturated rings. The van der Waals surface area contributed by atoms with E-state index in [1.165, 1.54) is 115 Å². The molecule has 1 N–H and O–H groups in total. The summed E-state index contributed by atoms with van der Waals surface area (Å²) in [5.74, 6) is 0. The molecule has 1 unspecified atom stereocenters. The first kappa shape index (κ1) is 32.7. The molecule has 0 aromatic carbocycles. The molecule has 6 heteroatoms. The van der Waals surface area contributed by atoms with Crippen LogP contribution in [0.2, 0.25) is 0 Å². The minimum absolute atomic E-state index is 0.199. The van der Waals surface area contributed by atoms with Crippen LogP contribution in [0, 0.1) is 0 Å². The normalized spacial score (nSPS) is 14.1. The lowest BCUT2D eigenvalue weighted by Gasteiger charge is -2.23. The molecular weight excluding hydrogens is 433 g/mol. The van der Waals surface area contributed by atoms with Crippen LogP contribution < -0.4 is 0 Å². The van der Waals surface area contributed by atoms with Gasteiger partial charge >= 0.3 is 7.82 Å². The van der Waals surface area contributed by atoms with E-state index in [0.29, 0.717) is 11.0 Å². The molecule has 0 saturated carbocycles. The first-order chi connectivity index (χ1) is 15.8. The molecule has 1 atom stereocenters. The smallest absolute Gasteiger partial charge is 0.412 e. The van der Waals surface area contributed by atoms with Gasteiger partial charge in [-0.1, -0.05) is 116 Å². The maximum absolute atomic E-state index is 11.8. The number of hydrogen-bond acceptors (Lipinski definition) is 3. The van der Waals surface area contributed by atoms with Crippen molar-refractivity contribution in [3.05, 3.63) is 12.3 Å². The second-order valence-corrected chi connectivity index (χ2v) is 12.0. The van der Waals surface area contributed by atoms with Crippen LogP contribution in [-0.4, -0.2) is 43.7 Å². The molecule has 0 amide bonds. The Labute approximate surface area is 206 Å². The van der Waals surface area contributed by atoms with Gasteiger partial charge in [0.1, 0.15) is 13.2 Å². The van der Waals surface area contributed by atoms with Crippen molar-refractivity contribution in [1.82, 2.24) is 0 Å². The van der Waals surface area contributed by atoms with Crippen molar-refractivity contribution in [1.29, 1.82) is 0 Å². The van der Waals surface area contributed by atoms with E-state index in [1.807, 2.05) is 27.2 Å². The Morgan fingerprint density at radius 1 is 0.697 bits per heavy atom. The highest BCUT2D eigenvalue weighted by Gasteiger charge is 2.21. The summed E-state index contributed by atoms with van der Waals surface area (Å²) >= 11 is 0. The lowest BCUT2D eigenvalue weighted by atomic mass is 10.0. The number of nitrogens with zero attached hydrogens (tertiary/aromatic N) is 1. The summed E-state index contributed by atoms with van der Waals surface area (Å²) in [4.78, 5) is 9.62. The molecule has 0 spiro atoms. The maximum Gasteiger partial charge on any atom is 0.527 e. The van der Waals surface area contributed by atoms with Crippen LogP contribution in [0.3, 0.4) is 0 Å². The number of phosphoric ester groups is 1. The summed E-state index contributed by atoms with van der Waals surface area (Å²) in [7, 11) is 2.05. The van der Waals surface area contributed by atoms with Crippen LogP contribution >= 0.6 is 7.82 Å². The van der Waals surface area contributed by atoms with Crippen molar-refractivity contribution in [3.8, 4) is 0 Å². The molecule has 0 aromatic rings. The fourth-order valence-corrected chi connectivity index (χ4v) is 4.43. The molecule has 33 heavy (non-hydrogen) atoms. The number of unbranched alkanes of at least 4 members (excludes halogenated alkanes) is 18. The molecule has 0 heterocycles. The van der Waals surface area contributed by atoms with E-state index in [0.717, 1.165) is 12.8 Å². The van der Waals surface area contributed by atoms with Crippen molar-refractivity contribution < 1.29 is 23.0 Å². The standard InChI is InChI=1S/C27H56NO4P/c1-5-6-7-8-9-10-11-12-13-14-15-16-17-18-19-20-21-22-23-24-26-31-33(29,30)32-27-25-28(2,3)4/h24,26H,5-23,25,27H2,1-4H3/p+1. The number of quaternary nitrogens is 1. The molecule has 0 radical (unpaired) electrons. The minimum Gasteiger partial charge on any atom is -0.412 e. The van der Waals surface area contributed by atoms with Crippen LogP contribution in [0.15, 0.2) is 12.3 Å². The summed E-state index contributed by atoms with van der Waals surface area (Å²) in [6.07, 6.45) is 28.7. The second kappa shape index (κ2) is 22.1. The molecule has 0 aliphatic carbocycles. The predicted octanol–water partition coefficient (Wildman–Crippen LogP) is 8.77. The van der Waals surface area contributed by atoms with Crippen LogP contribution in [0.1, 0.15) is 129 Å². The number of allylic oxidation sites excluding steroid dienone is 1. The molecule has 0 saturated heterocycles. The monoisotopic (exact) mass is 490 g/mol. The second-order valence-electron chi connectivity index (χ2n) is 10.6. The predicted molar refractivity (Wildman–Crippen MR) is 142 cm³/mol. The number of phosphoric acid groups is 1. The van der Waals surface area contributed by atoms with Gasteiger partial charge in [0.05, 0.1) is 27.4 Å². The van der Waals surface area contributed by atoms with Crippen molar-refractivity contribution in [2.24, 2.45) is 0 Å². The molecular formula is C27H57NO4P+. The van der Waals surface area contributed by atoms with Crippen molar-refractivity contribution in [2.75, 3.05) is 34.3 Å². The Morgan fingerprint density at radius 2 is 1.09 bits per heavy atom. The van der Waals surface area contributed by atoms with Gasteiger partial charge < -0.3 is 9.01 Å². The lowest BCUT2D eigenvalue weighted by molar-refractivity contribution is -0.870. The molecule has 0 aliphatic heterocycles. The molecule has 0 aliphatic rings. The van der Waals surface area contributed by atoms with Gasteiger partial charge in [-0.15, -0.1) is 0 Å². The summed E-state index contributed by atoms with van der Waals surface area (Å²) < 4.78 is 22.3. The van der Waals surface area contributed by atoms with E-state index in [1.54, 1.807) is 0 Å². The average Bonchev–Trinajstić information content (AvgIpc) is 2.73. The fourth-order valence-electron chi connectivity index (χ4n) is 3.81. The van der Waals surface area contributed by atoms with Crippen LogP contribution in [-0.2, 0) is 13.6 Å². The largest absolute Gasteiger partial charge is 0.527 e. The third-order valence-electron chi connectivity index (χ3n) is 6.03. The Hall–Kier alpha value is -0.350. The molecule has 0 aromatic heterocycles. The van der Waals surface area contributed by atoms with Gasteiger partial charge in [0.15, 0.2) is 0 Å². The Balaban J connectivity index is 3.31. The van der Waals surface area contributed by atoms with E-state index in [2.05, 4.69) is 6.92 Å². The topological polar surface area (TPSA) is 55.8 Å². The summed E-state index contributed by atoms with van der Waals surface area (Å²) in [6.45, 7) is 3.13. The number of likely N-dealkylation sites (N-methyl/N-ethyl adjacent to an activating group) is 1. The third-order valence-corrected chi connectivity index (χ3v) is 6.93. The van der Waals surface area contributed by atoms with Gasteiger partial charge in [0.2, 0.25) is 0 Å². The first-order valence-corrected chi connectivity index (χ1v) is 15.4. The van der Waals surface area contributed by atoms with Gasteiger partial charge in [-0.25, -0.2) is 4.57 Å². The summed E-state index contributed by atoms with van der Waals surface area (Å²) in [5.41, 5.74) is 0. The Bertz CT molecular complexity index is 491. The van der Waals surface area contributed by atoms with E-state index in [9.17, 15) is 9.46 Å². The Kier molecular flexibility index (Phi) is 21.9. The van der Waals surface area contributed by atoms with Gasteiger partial charge in [-0.05, 0) is 18.9 Å². The fraction of sp³-hybridized carbons (Fsp3) is 0.926. The van der Waals surface area contributed by atoms with Crippen LogP contribution in [0.25, 0.3) is 0 Å². The molecule has 5 nitrogen and oxygen atoms in total. The quantitative estimate of drug-likeness (QED) is 0.0601. The highest BCUT2D eigenvalue weighted by molar-refractivity contribution is 7.47. The van der Waals surface area contributed by atoms with Gasteiger partial charge in [-0.2, -0.15) is 0 Å². The molecule has 0 rings (SSSR count).